The molecule has 1 unspecified atom stereocenters. The van der Waals surface area contributed by atoms with Crippen LogP contribution in [0, 0.1) is 5.82 Å². The van der Waals surface area contributed by atoms with Crippen molar-refractivity contribution in [1.29, 1.82) is 0 Å². The molecule has 0 aliphatic rings. The van der Waals surface area contributed by atoms with Crippen molar-refractivity contribution in [2.75, 3.05) is 6.54 Å². The number of amidine groups is 1. The molecular weight excluding hydrogens is 263 g/mol. The second kappa shape index (κ2) is 7.44. The molecule has 0 aliphatic carbocycles. The third-order valence-corrected chi connectivity index (χ3v) is 2.80. The molecule has 0 aromatic heterocycles. The Morgan fingerprint density at radius 1 is 1.55 bits per heavy atom. The van der Waals surface area contributed by atoms with E-state index in [-0.39, 0.29) is 11.7 Å². The highest BCUT2D eigenvalue weighted by Gasteiger charge is 2.13. The van der Waals surface area contributed by atoms with E-state index in [1.165, 1.54) is 18.2 Å². The van der Waals surface area contributed by atoms with E-state index in [9.17, 15) is 9.18 Å². The van der Waals surface area contributed by atoms with Gasteiger partial charge in [-0.25, -0.2) is 4.39 Å². The molecule has 5 N–H and O–H groups in total. The van der Waals surface area contributed by atoms with E-state index in [4.69, 9.17) is 10.9 Å². The van der Waals surface area contributed by atoms with Gasteiger partial charge in [0.25, 0.3) is 0 Å². The minimum atomic E-state index is -0.480. The van der Waals surface area contributed by atoms with Crippen molar-refractivity contribution in [3.05, 3.63) is 35.1 Å². The Morgan fingerprint density at radius 2 is 2.25 bits per heavy atom. The monoisotopic (exact) mass is 282 g/mol. The second-order valence-electron chi connectivity index (χ2n) is 4.28. The molecule has 0 saturated heterocycles. The van der Waals surface area contributed by atoms with Gasteiger partial charge in [0.15, 0.2) is 5.84 Å². The van der Waals surface area contributed by atoms with Crippen molar-refractivity contribution in [1.82, 2.24) is 10.6 Å². The fraction of sp³-hybridized carbons (Fsp3) is 0.385. The normalized spacial score (nSPS) is 13.1. The van der Waals surface area contributed by atoms with Crippen LogP contribution in [-0.2, 0) is 11.3 Å². The van der Waals surface area contributed by atoms with Gasteiger partial charge in [-0.15, -0.1) is 0 Å². The molecule has 0 fully saturated rings. The minimum Gasteiger partial charge on any atom is -0.409 e. The van der Waals surface area contributed by atoms with Gasteiger partial charge in [0, 0.05) is 18.7 Å². The van der Waals surface area contributed by atoms with Crippen LogP contribution in [0.2, 0.25) is 0 Å². The Bertz CT molecular complexity index is 505. The summed E-state index contributed by atoms with van der Waals surface area (Å²) in [6.45, 7) is 4.40. The smallest absolute Gasteiger partial charge is 0.236 e. The summed E-state index contributed by atoms with van der Waals surface area (Å²) >= 11 is 0. The van der Waals surface area contributed by atoms with Gasteiger partial charge in [0.1, 0.15) is 5.82 Å². The molecule has 110 valence electrons. The Kier molecular flexibility index (Phi) is 5.92. The summed E-state index contributed by atoms with van der Waals surface area (Å²) < 4.78 is 13.2. The van der Waals surface area contributed by atoms with E-state index in [1.54, 1.807) is 6.92 Å². The van der Waals surface area contributed by atoms with Gasteiger partial charge in [-0.3, -0.25) is 4.79 Å². The summed E-state index contributed by atoms with van der Waals surface area (Å²) in [5, 5.41) is 17.3. The maximum Gasteiger partial charge on any atom is 0.236 e. The van der Waals surface area contributed by atoms with Crippen LogP contribution in [0.15, 0.2) is 23.4 Å². The summed E-state index contributed by atoms with van der Waals surface area (Å²) in [5.74, 6) is -0.779. The molecule has 0 spiro atoms. The number of halogens is 1. The first-order valence-corrected chi connectivity index (χ1v) is 6.27. The zero-order valence-corrected chi connectivity index (χ0v) is 11.5. The molecule has 1 rings (SSSR count). The molecule has 7 heteroatoms. The van der Waals surface area contributed by atoms with Crippen LogP contribution in [0.4, 0.5) is 4.39 Å². The average Bonchev–Trinajstić information content (AvgIpc) is 2.44. The van der Waals surface area contributed by atoms with Gasteiger partial charge in [0.05, 0.1) is 6.04 Å². The number of nitrogens with two attached hydrogens (primary N) is 1. The van der Waals surface area contributed by atoms with Crippen molar-refractivity contribution < 1.29 is 14.4 Å². The lowest BCUT2D eigenvalue weighted by Crippen LogP contribution is -2.41. The van der Waals surface area contributed by atoms with Crippen molar-refractivity contribution in [2.45, 2.75) is 26.4 Å². The van der Waals surface area contributed by atoms with E-state index in [0.29, 0.717) is 24.2 Å². The van der Waals surface area contributed by atoms with E-state index >= 15 is 0 Å². The summed E-state index contributed by atoms with van der Waals surface area (Å²) in [6, 6.07) is 3.59. The maximum absolute atomic E-state index is 13.2. The minimum absolute atomic E-state index is 0.125. The number of likely N-dealkylation sites (N-methyl/N-ethyl adjacent to an activating group) is 1. The number of hydrogen-bond donors (Lipinski definition) is 4. The maximum atomic E-state index is 13.2. The molecule has 20 heavy (non-hydrogen) atoms. The molecule has 0 aliphatic heterocycles. The van der Waals surface area contributed by atoms with Gasteiger partial charge in [0.2, 0.25) is 5.91 Å². The molecule has 1 aromatic rings. The van der Waals surface area contributed by atoms with Gasteiger partial charge < -0.3 is 21.6 Å². The molecule has 6 nitrogen and oxygen atoms in total. The fourth-order valence-electron chi connectivity index (χ4n) is 1.68. The van der Waals surface area contributed by atoms with Gasteiger partial charge in [-0.1, -0.05) is 11.2 Å². The first-order chi connectivity index (χ1) is 9.49. The van der Waals surface area contributed by atoms with Crippen LogP contribution in [0.25, 0.3) is 0 Å². The summed E-state index contributed by atoms with van der Waals surface area (Å²) in [4.78, 5) is 11.6. The summed E-state index contributed by atoms with van der Waals surface area (Å²) in [6.07, 6.45) is 0. The largest absolute Gasteiger partial charge is 0.409 e. The van der Waals surface area contributed by atoms with Gasteiger partial charge in [-0.2, -0.15) is 0 Å². The lowest BCUT2D eigenvalue weighted by atomic mass is 10.1. The lowest BCUT2D eigenvalue weighted by molar-refractivity contribution is -0.122. The lowest BCUT2D eigenvalue weighted by Gasteiger charge is -2.15. The highest BCUT2D eigenvalue weighted by atomic mass is 19.1. The van der Waals surface area contributed by atoms with Gasteiger partial charge >= 0.3 is 0 Å². The first kappa shape index (κ1) is 15.9. The van der Waals surface area contributed by atoms with Crippen LogP contribution in [-0.4, -0.2) is 29.5 Å². The van der Waals surface area contributed by atoms with Crippen LogP contribution in [0.3, 0.4) is 0 Å². The van der Waals surface area contributed by atoms with Crippen molar-refractivity contribution in [3.8, 4) is 0 Å². The van der Waals surface area contributed by atoms with E-state index < -0.39 is 11.9 Å². The Morgan fingerprint density at radius 3 is 2.85 bits per heavy atom. The fourth-order valence-corrected chi connectivity index (χ4v) is 1.68. The van der Waals surface area contributed by atoms with E-state index in [2.05, 4.69) is 15.8 Å². The number of carbonyl (C=O) groups is 1. The zero-order valence-electron chi connectivity index (χ0n) is 11.5. The molecule has 0 heterocycles. The third kappa shape index (κ3) is 4.20. The molecule has 1 atom stereocenters. The Labute approximate surface area is 116 Å². The topological polar surface area (TPSA) is 99.7 Å². The molecule has 0 radical (unpaired) electrons. The van der Waals surface area contributed by atoms with E-state index in [1.807, 2.05) is 6.92 Å². The number of amides is 1. The number of nitrogens with one attached hydrogen (secondary N) is 2. The highest BCUT2D eigenvalue weighted by molar-refractivity contribution is 5.98. The van der Waals surface area contributed by atoms with Crippen molar-refractivity contribution in [2.24, 2.45) is 10.9 Å². The van der Waals surface area contributed by atoms with Crippen LogP contribution < -0.4 is 16.4 Å². The average molecular weight is 282 g/mol. The van der Waals surface area contributed by atoms with Crippen LogP contribution in [0.5, 0.6) is 0 Å². The molecule has 1 amide bonds. The SMILES string of the molecule is CCNC(=O)C(C)NCc1ccc(F)cc1C(N)=NO. The Hall–Kier alpha value is -2.15. The van der Waals surface area contributed by atoms with E-state index in [0.717, 1.165) is 0 Å². The second-order valence-corrected chi connectivity index (χ2v) is 4.28. The highest BCUT2D eigenvalue weighted by Crippen LogP contribution is 2.11. The molecule has 0 saturated carbocycles. The summed E-state index contributed by atoms with van der Waals surface area (Å²) in [5.41, 5.74) is 6.44. The molecule has 0 bridgehead atoms. The van der Waals surface area contributed by atoms with Crippen molar-refractivity contribution in [3.63, 3.8) is 0 Å². The quantitative estimate of drug-likeness (QED) is 0.265. The number of hydrogen-bond acceptors (Lipinski definition) is 4. The third-order valence-electron chi connectivity index (χ3n) is 2.80. The number of oxime groups is 1. The zero-order chi connectivity index (χ0) is 15.1. The molecular formula is C13H19FN4O2. The number of nitrogens with zero attached hydrogens (tertiary/aromatic N) is 1. The van der Waals surface area contributed by atoms with Gasteiger partial charge in [-0.05, 0) is 31.5 Å². The first-order valence-electron chi connectivity index (χ1n) is 6.27. The Balaban J connectivity index is 2.80. The number of benzene rings is 1. The number of rotatable bonds is 6. The number of carbonyl (C=O) groups excluding carboxylic acids is 1. The van der Waals surface area contributed by atoms with Crippen LogP contribution >= 0.6 is 0 Å². The predicted octanol–water partition coefficient (Wildman–Crippen LogP) is 0.534. The van der Waals surface area contributed by atoms with Crippen LogP contribution in [0.1, 0.15) is 25.0 Å². The standard InChI is InChI=1S/C13H19FN4O2/c1-3-16-13(19)8(2)17-7-9-4-5-10(14)6-11(9)12(15)18-20/h4-6,8,17,20H,3,7H2,1-2H3,(H2,15,18)(H,16,19). The molecule has 1 aromatic carbocycles. The van der Waals surface area contributed by atoms with Crippen molar-refractivity contribution >= 4 is 11.7 Å². The summed E-state index contributed by atoms with van der Waals surface area (Å²) in [7, 11) is 0. The predicted molar refractivity (Wildman–Crippen MR) is 73.9 cm³/mol.